The van der Waals surface area contributed by atoms with E-state index >= 15 is 0 Å². The predicted molar refractivity (Wildman–Crippen MR) is 76.4 cm³/mol. The monoisotopic (exact) mass is 275 g/mol. The first-order valence-electron chi connectivity index (χ1n) is 6.90. The third-order valence-corrected chi connectivity index (χ3v) is 2.99. The fraction of sp³-hybridized carbons (Fsp3) is 0.467. The lowest BCUT2D eigenvalue weighted by molar-refractivity contribution is 0.240. The summed E-state index contributed by atoms with van der Waals surface area (Å²) in [5.41, 5.74) is 8.05. The number of aromatic nitrogens is 2. The summed E-state index contributed by atoms with van der Waals surface area (Å²) in [5.74, 6) is 1.99. The van der Waals surface area contributed by atoms with Crippen LogP contribution in [0.3, 0.4) is 0 Å². The number of nitrogens with two attached hydrogens (primary N) is 1. The molecule has 1 aromatic heterocycles. The highest BCUT2D eigenvalue weighted by Crippen LogP contribution is 2.25. The Morgan fingerprint density at radius 3 is 2.90 bits per heavy atom. The molecule has 5 nitrogen and oxygen atoms in total. The van der Waals surface area contributed by atoms with Crippen molar-refractivity contribution in [1.29, 1.82) is 0 Å². The molecule has 0 bridgehead atoms. The molecule has 108 valence electrons. The third kappa shape index (κ3) is 3.57. The normalized spacial score (nSPS) is 12.4. The van der Waals surface area contributed by atoms with Crippen LogP contribution in [-0.2, 0) is 13.0 Å². The first-order chi connectivity index (χ1) is 9.60. The lowest BCUT2D eigenvalue weighted by Gasteiger charge is -2.13. The minimum absolute atomic E-state index is 0.0797. The van der Waals surface area contributed by atoms with Gasteiger partial charge in [-0.05, 0) is 31.9 Å². The molecule has 20 heavy (non-hydrogen) atoms. The molecule has 0 unspecified atom stereocenters. The second-order valence-electron chi connectivity index (χ2n) is 4.97. The van der Waals surface area contributed by atoms with Gasteiger partial charge in [-0.1, -0.05) is 24.2 Å². The molecule has 1 atom stereocenters. The number of nitrogens with zero attached hydrogens (tertiary/aromatic N) is 2. The Kier molecular flexibility index (Phi) is 4.74. The van der Waals surface area contributed by atoms with E-state index in [1.165, 1.54) is 0 Å². The summed E-state index contributed by atoms with van der Waals surface area (Å²) >= 11 is 0. The van der Waals surface area contributed by atoms with Gasteiger partial charge in [0.15, 0.2) is 12.4 Å². The van der Waals surface area contributed by atoms with E-state index in [0.29, 0.717) is 5.89 Å². The van der Waals surface area contributed by atoms with Crippen LogP contribution in [0.25, 0.3) is 0 Å². The van der Waals surface area contributed by atoms with E-state index in [4.69, 9.17) is 15.0 Å². The number of hydrogen-bond donors (Lipinski definition) is 1. The zero-order valence-electron chi connectivity index (χ0n) is 12.2. The van der Waals surface area contributed by atoms with Crippen molar-refractivity contribution in [3.8, 4) is 5.75 Å². The van der Waals surface area contributed by atoms with E-state index in [-0.39, 0.29) is 12.6 Å². The van der Waals surface area contributed by atoms with Crippen LogP contribution >= 0.6 is 0 Å². The Morgan fingerprint density at radius 1 is 1.40 bits per heavy atom. The van der Waals surface area contributed by atoms with Crippen LogP contribution in [0.1, 0.15) is 49.2 Å². The lowest BCUT2D eigenvalue weighted by atomic mass is 10.1. The molecule has 0 spiro atoms. The van der Waals surface area contributed by atoms with E-state index in [2.05, 4.69) is 17.1 Å². The number of benzene rings is 1. The average Bonchev–Trinajstić information content (AvgIpc) is 2.84. The molecule has 0 amide bonds. The van der Waals surface area contributed by atoms with Crippen LogP contribution in [0.5, 0.6) is 5.75 Å². The Morgan fingerprint density at radius 2 is 2.20 bits per heavy atom. The van der Waals surface area contributed by atoms with Crippen molar-refractivity contribution in [2.75, 3.05) is 0 Å². The van der Waals surface area contributed by atoms with Crippen molar-refractivity contribution in [2.45, 2.75) is 46.3 Å². The summed E-state index contributed by atoms with van der Waals surface area (Å²) in [5, 5.41) is 3.90. The molecular formula is C15H21N3O2. The molecule has 0 saturated carbocycles. The molecule has 0 aliphatic heterocycles. The Hall–Kier alpha value is -1.88. The van der Waals surface area contributed by atoms with Crippen molar-refractivity contribution in [2.24, 2.45) is 5.73 Å². The molecule has 5 heteroatoms. The van der Waals surface area contributed by atoms with E-state index in [1.807, 2.05) is 32.0 Å². The van der Waals surface area contributed by atoms with Gasteiger partial charge in [0.2, 0.25) is 0 Å². The van der Waals surface area contributed by atoms with Crippen LogP contribution in [0.15, 0.2) is 22.7 Å². The standard InChI is InChI=1S/C15H21N3O2/c1-4-5-14-17-15(20-18-14)9-19-13-8-10(2)6-7-12(13)11(3)16/h6-8,11H,4-5,9,16H2,1-3H3/t11-/m1/s1. The minimum Gasteiger partial charge on any atom is -0.483 e. The number of rotatable bonds is 6. The molecule has 2 rings (SSSR count). The van der Waals surface area contributed by atoms with Gasteiger partial charge in [0.25, 0.3) is 5.89 Å². The van der Waals surface area contributed by atoms with Crippen molar-refractivity contribution in [3.05, 3.63) is 41.0 Å². The summed E-state index contributed by atoms with van der Waals surface area (Å²) in [6.45, 7) is 6.29. The fourth-order valence-corrected chi connectivity index (χ4v) is 1.96. The van der Waals surface area contributed by atoms with Crippen LogP contribution in [-0.4, -0.2) is 10.1 Å². The van der Waals surface area contributed by atoms with Crippen LogP contribution in [0.2, 0.25) is 0 Å². The van der Waals surface area contributed by atoms with Crippen molar-refractivity contribution >= 4 is 0 Å². The van der Waals surface area contributed by atoms with E-state index < -0.39 is 0 Å². The summed E-state index contributed by atoms with van der Waals surface area (Å²) in [7, 11) is 0. The van der Waals surface area contributed by atoms with Gasteiger partial charge < -0.3 is 15.0 Å². The van der Waals surface area contributed by atoms with Crippen molar-refractivity contribution in [3.63, 3.8) is 0 Å². The third-order valence-electron chi connectivity index (χ3n) is 2.99. The van der Waals surface area contributed by atoms with Gasteiger partial charge in [0, 0.05) is 18.0 Å². The number of ether oxygens (including phenoxy) is 1. The van der Waals surface area contributed by atoms with Crippen LogP contribution in [0, 0.1) is 6.92 Å². The van der Waals surface area contributed by atoms with Gasteiger partial charge in [-0.25, -0.2) is 0 Å². The van der Waals surface area contributed by atoms with Gasteiger partial charge in [0.1, 0.15) is 5.75 Å². The lowest BCUT2D eigenvalue weighted by Crippen LogP contribution is -2.08. The van der Waals surface area contributed by atoms with E-state index in [1.54, 1.807) is 0 Å². The maximum absolute atomic E-state index is 5.95. The summed E-state index contributed by atoms with van der Waals surface area (Å²) in [6.07, 6.45) is 1.81. The molecular weight excluding hydrogens is 254 g/mol. The van der Waals surface area contributed by atoms with Crippen LogP contribution in [0.4, 0.5) is 0 Å². The first-order valence-corrected chi connectivity index (χ1v) is 6.90. The van der Waals surface area contributed by atoms with Crippen LogP contribution < -0.4 is 10.5 Å². The van der Waals surface area contributed by atoms with Gasteiger partial charge in [0.05, 0.1) is 0 Å². The highest BCUT2D eigenvalue weighted by molar-refractivity contribution is 5.38. The smallest absolute Gasteiger partial charge is 0.264 e. The summed E-state index contributed by atoms with van der Waals surface area (Å²) in [6, 6.07) is 5.91. The van der Waals surface area contributed by atoms with Gasteiger partial charge >= 0.3 is 0 Å². The predicted octanol–water partition coefficient (Wildman–Crippen LogP) is 2.93. The maximum Gasteiger partial charge on any atom is 0.264 e. The molecule has 2 aromatic rings. The Labute approximate surface area is 119 Å². The highest BCUT2D eigenvalue weighted by atomic mass is 16.5. The average molecular weight is 275 g/mol. The summed E-state index contributed by atoms with van der Waals surface area (Å²) < 4.78 is 10.9. The molecule has 0 fully saturated rings. The molecule has 0 saturated heterocycles. The highest BCUT2D eigenvalue weighted by Gasteiger charge is 2.11. The second-order valence-corrected chi connectivity index (χ2v) is 4.97. The van der Waals surface area contributed by atoms with Crippen molar-refractivity contribution in [1.82, 2.24) is 10.1 Å². The van der Waals surface area contributed by atoms with E-state index in [0.717, 1.165) is 35.5 Å². The summed E-state index contributed by atoms with van der Waals surface area (Å²) in [4.78, 5) is 4.28. The van der Waals surface area contributed by atoms with Gasteiger partial charge in [-0.2, -0.15) is 4.98 Å². The zero-order chi connectivity index (χ0) is 14.5. The SMILES string of the molecule is CCCc1noc(COc2cc(C)ccc2[C@@H](C)N)n1. The molecule has 1 heterocycles. The van der Waals surface area contributed by atoms with Crippen molar-refractivity contribution < 1.29 is 9.26 Å². The van der Waals surface area contributed by atoms with E-state index in [9.17, 15) is 0 Å². The quantitative estimate of drug-likeness (QED) is 0.877. The fourth-order valence-electron chi connectivity index (χ4n) is 1.96. The Balaban J connectivity index is 2.07. The largest absolute Gasteiger partial charge is 0.483 e. The number of aryl methyl sites for hydroxylation is 2. The maximum atomic E-state index is 5.95. The van der Waals surface area contributed by atoms with Gasteiger partial charge in [-0.3, -0.25) is 0 Å². The molecule has 0 aliphatic rings. The number of hydrogen-bond acceptors (Lipinski definition) is 5. The topological polar surface area (TPSA) is 74.2 Å². The molecule has 2 N–H and O–H groups in total. The first kappa shape index (κ1) is 14.5. The Bertz CT molecular complexity index is 564. The minimum atomic E-state index is -0.0797. The second kappa shape index (κ2) is 6.52. The van der Waals surface area contributed by atoms with Gasteiger partial charge in [-0.15, -0.1) is 0 Å². The zero-order valence-corrected chi connectivity index (χ0v) is 12.2. The molecule has 0 radical (unpaired) electrons. The molecule has 0 aliphatic carbocycles. The molecule has 1 aromatic carbocycles.